The predicted octanol–water partition coefficient (Wildman–Crippen LogP) is 3.01. The quantitative estimate of drug-likeness (QED) is 0.791. The third kappa shape index (κ3) is 4.87. The molecular weight excluding hydrogens is 374 g/mol. The summed E-state index contributed by atoms with van der Waals surface area (Å²) in [5.41, 5.74) is 2.17. The average Bonchev–Trinajstić information content (AvgIpc) is 3.46. The number of rotatable bonds is 6. The molecule has 0 aromatic heterocycles. The van der Waals surface area contributed by atoms with Crippen molar-refractivity contribution < 1.29 is 9.59 Å². The van der Waals surface area contributed by atoms with Gasteiger partial charge in [-0.2, -0.15) is 0 Å². The first-order valence-corrected chi connectivity index (χ1v) is 10.6. The van der Waals surface area contributed by atoms with Crippen LogP contribution in [0.5, 0.6) is 0 Å². The van der Waals surface area contributed by atoms with E-state index in [-0.39, 0.29) is 30.1 Å². The number of carbonyl (C=O) groups excluding carboxylic acids is 2. The number of anilines is 1. The minimum absolute atomic E-state index is 0. The summed E-state index contributed by atoms with van der Waals surface area (Å²) in [6, 6.07) is 8.68. The number of piperidine rings is 1. The van der Waals surface area contributed by atoms with Gasteiger partial charge in [-0.1, -0.05) is 19.1 Å². The van der Waals surface area contributed by atoms with Gasteiger partial charge in [-0.3, -0.25) is 9.59 Å². The van der Waals surface area contributed by atoms with E-state index < -0.39 is 0 Å². The molecule has 0 bridgehead atoms. The van der Waals surface area contributed by atoms with Gasteiger partial charge in [0.25, 0.3) is 0 Å². The standard InChI is InChI=1S/C22H31N3O2.ClH/c1-2-16-5-7-20(8-6-16)25-15-18(13-21(25)26)22(27)24-11-9-19(10-12-24)23-14-17-3-4-17;/h5-8,17-19,23H,2-4,9-15H2,1H3;1H. The zero-order valence-electron chi connectivity index (χ0n) is 16.7. The van der Waals surface area contributed by atoms with E-state index in [9.17, 15) is 9.59 Å². The van der Waals surface area contributed by atoms with Gasteiger partial charge in [0.15, 0.2) is 0 Å². The number of benzene rings is 1. The molecule has 2 saturated heterocycles. The molecule has 0 spiro atoms. The third-order valence-corrected chi connectivity index (χ3v) is 6.33. The van der Waals surface area contributed by atoms with Gasteiger partial charge in [-0.15, -0.1) is 12.4 Å². The Balaban J connectivity index is 0.00000225. The molecule has 1 unspecified atom stereocenters. The second kappa shape index (κ2) is 9.27. The van der Waals surface area contributed by atoms with Gasteiger partial charge in [-0.05, 0) is 62.3 Å². The molecule has 3 aliphatic rings. The van der Waals surface area contributed by atoms with E-state index in [0.29, 0.717) is 19.0 Å². The highest BCUT2D eigenvalue weighted by molar-refractivity contribution is 6.00. The van der Waals surface area contributed by atoms with Crippen LogP contribution < -0.4 is 10.2 Å². The molecule has 2 heterocycles. The van der Waals surface area contributed by atoms with Crippen molar-refractivity contribution in [2.75, 3.05) is 31.1 Å². The summed E-state index contributed by atoms with van der Waals surface area (Å²) in [6.07, 6.45) is 6.13. The molecule has 1 aromatic rings. The number of hydrogen-bond donors (Lipinski definition) is 1. The second-order valence-corrected chi connectivity index (χ2v) is 8.38. The molecule has 154 valence electrons. The van der Waals surface area contributed by atoms with Gasteiger partial charge in [-0.25, -0.2) is 0 Å². The van der Waals surface area contributed by atoms with Crippen molar-refractivity contribution in [3.05, 3.63) is 29.8 Å². The van der Waals surface area contributed by atoms with Crippen LogP contribution in [0.25, 0.3) is 0 Å². The van der Waals surface area contributed by atoms with Crippen LogP contribution in [-0.4, -0.2) is 48.9 Å². The number of halogens is 1. The van der Waals surface area contributed by atoms with E-state index in [4.69, 9.17) is 0 Å². The fourth-order valence-electron chi connectivity index (χ4n) is 4.25. The van der Waals surface area contributed by atoms with E-state index >= 15 is 0 Å². The Kier molecular flexibility index (Phi) is 7.00. The van der Waals surface area contributed by atoms with Crippen LogP contribution in [0.3, 0.4) is 0 Å². The molecule has 1 aromatic carbocycles. The van der Waals surface area contributed by atoms with Crippen LogP contribution in [-0.2, 0) is 16.0 Å². The van der Waals surface area contributed by atoms with Gasteiger partial charge in [0.1, 0.15) is 0 Å². The Morgan fingerprint density at radius 2 is 1.79 bits per heavy atom. The SMILES string of the molecule is CCc1ccc(N2CC(C(=O)N3CCC(NCC4CC4)CC3)CC2=O)cc1.Cl. The van der Waals surface area contributed by atoms with Crippen LogP contribution in [0.1, 0.15) is 44.6 Å². The van der Waals surface area contributed by atoms with E-state index in [1.54, 1.807) is 4.90 Å². The smallest absolute Gasteiger partial charge is 0.228 e. The van der Waals surface area contributed by atoms with Crippen LogP contribution in [0.4, 0.5) is 5.69 Å². The summed E-state index contributed by atoms with van der Waals surface area (Å²) in [5.74, 6) is 0.932. The maximum Gasteiger partial charge on any atom is 0.228 e. The number of amides is 2. The van der Waals surface area contributed by atoms with Crippen molar-refractivity contribution in [1.29, 1.82) is 0 Å². The number of nitrogens with zero attached hydrogens (tertiary/aromatic N) is 2. The zero-order valence-corrected chi connectivity index (χ0v) is 17.5. The molecule has 2 aliphatic heterocycles. The fourth-order valence-corrected chi connectivity index (χ4v) is 4.25. The van der Waals surface area contributed by atoms with Gasteiger partial charge in [0, 0.05) is 37.8 Å². The molecule has 2 amide bonds. The molecule has 1 aliphatic carbocycles. The molecule has 1 N–H and O–H groups in total. The number of nitrogens with one attached hydrogen (secondary N) is 1. The average molecular weight is 406 g/mol. The Labute approximate surface area is 174 Å². The van der Waals surface area contributed by atoms with Crippen LogP contribution in [0.2, 0.25) is 0 Å². The summed E-state index contributed by atoms with van der Waals surface area (Å²) in [5, 5.41) is 3.66. The summed E-state index contributed by atoms with van der Waals surface area (Å²) >= 11 is 0. The predicted molar refractivity (Wildman–Crippen MR) is 114 cm³/mol. The Morgan fingerprint density at radius 3 is 2.39 bits per heavy atom. The van der Waals surface area contributed by atoms with Crippen LogP contribution in [0, 0.1) is 11.8 Å². The molecule has 1 saturated carbocycles. The topological polar surface area (TPSA) is 52.7 Å². The first kappa shape index (κ1) is 21.1. The molecule has 1 atom stereocenters. The van der Waals surface area contributed by atoms with Crippen LogP contribution in [0.15, 0.2) is 24.3 Å². The maximum atomic E-state index is 12.9. The Hall–Kier alpha value is -1.59. The molecule has 28 heavy (non-hydrogen) atoms. The van der Waals surface area contributed by atoms with E-state index in [1.807, 2.05) is 17.0 Å². The summed E-state index contributed by atoms with van der Waals surface area (Å²) in [6.45, 7) is 5.41. The van der Waals surface area contributed by atoms with Crippen molar-refractivity contribution >= 4 is 29.9 Å². The molecular formula is C22H32ClN3O2. The van der Waals surface area contributed by atoms with Gasteiger partial charge in [0.2, 0.25) is 11.8 Å². The second-order valence-electron chi connectivity index (χ2n) is 8.38. The molecule has 3 fully saturated rings. The Bertz CT molecular complexity index is 682. The van der Waals surface area contributed by atoms with E-state index in [1.165, 1.54) is 18.4 Å². The van der Waals surface area contributed by atoms with Crippen molar-refractivity contribution in [2.45, 2.75) is 51.5 Å². The first-order valence-electron chi connectivity index (χ1n) is 10.6. The van der Waals surface area contributed by atoms with Gasteiger partial charge in [0.05, 0.1) is 5.92 Å². The highest BCUT2D eigenvalue weighted by atomic mass is 35.5. The Morgan fingerprint density at radius 1 is 1.11 bits per heavy atom. The monoisotopic (exact) mass is 405 g/mol. The largest absolute Gasteiger partial charge is 0.342 e. The lowest BCUT2D eigenvalue weighted by atomic mass is 10.0. The zero-order chi connectivity index (χ0) is 18.8. The fraction of sp³-hybridized carbons (Fsp3) is 0.636. The lowest BCUT2D eigenvalue weighted by Crippen LogP contribution is -2.47. The molecule has 0 radical (unpaired) electrons. The van der Waals surface area contributed by atoms with E-state index in [0.717, 1.165) is 50.5 Å². The molecule has 5 nitrogen and oxygen atoms in total. The van der Waals surface area contributed by atoms with Gasteiger partial charge < -0.3 is 15.1 Å². The first-order chi connectivity index (χ1) is 13.1. The summed E-state index contributed by atoms with van der Waals surface area (Å²) in [7, 11) is 0. The number of likely N-dealkylation sites (tertiary alicyclic amines) is 1. The number of hydrogen-bond acceptors (Lipinski definition) is 3. The number of carbonyl (C=O) groups is 2. The van der Waals surface area contributed by atoms with Crippen molar-refractivity contribution in [2.24, 2.45) is 11.8 Å². The maximum absolute atomic E-state index is 12.9. The van der Waals surface area contributed by atoms with Crippen molar-refractivity contribution in [3.63, 3.8) is 0 Å². The van der Waals surface area contributed by atoms with Crippen molar-refractivity contribution in [3.8, 4) is 0 Å². The third-order valence-electron chi connectivity index (χ3n) is 6.33. The number of aryl methyl sites for hydroxylation is 1. The van der Waals surface area contributed by atoms with E-state index in [2.05, 4.69) is 24.4 Å². The highest BCUT2D eigenvalue weighted by Gasteiger charge is 2.38. The molecule has 4 rings (SSSR count). The normalized spacial score (nSPS) is 23.0. The lowest BCUT2D eigenvalue weighted by Gasteiger charge is -2.34. The highest BCUT2D eigenvalue weighted by Crippen LogP contribution is 2.29. The summed E-state index contributed by atoms with van der Waals surface area (Å²) < 4.78 is 0. The molecule has 6 heteroatoms. The summed E-state index contributed by atoms with van der Waals surface area (Å²) in [4.78, 5) is 29.2. The lowest BCUT2D eigenvalue weighted by molar-refractivity contribution is -0.136. The van der Waals surface area contributed by atoms with Crippen molar-refractivity contribution in [1.82, 2.24) is 10.2 Å². The minimum Gasteiger partial charge on any atom is -0.342 e. The van der Waals surface area contributed by atoms with Gasteiger partial charge >= 0.3 is 0 Å². The minimum atomic E-state index is -0.195. The van der Waals surface area contributed by atoms with Crippen LogP contribution >= 0.6 is 12.4 Å².